The van der Waals surface area contributed by atoms with Gasteiger partial charge in [0.15, 0.2) is 5.75 Å². The zero-order valence-electron chi connectivity index (χ0n) is 29.8. The van der Waals surface area contributed by atoms with Gasteiger partial charge in [0.2, 0.25) is 0 Å². The minimum Gasteiger partial charge on any atom is -0.506 e. The predicted molar refractivity (Wildman–Crippen MR) is 218 cm³/mol. The van der Waals surface area contributed by atoms with Gasteiger partial charge in [-0.2, -0.15) is 32.2 Å². The molecule has 7 rings (SSSR count). The number of nitrogens with zero attached hydrogens (tertiary/aromatic N) is 6. The van der Waals surface area contributed by atoms with Crippen molar-refractivity contribution >= 4 is 97.3 Å². The molecule has 18 nitrogen and oxygen atoms in total. The van der Waals surface area contributed by atoms with E-state index < -0.39 is 62.9 Å². The minimum atomic E-state index is -5.13. The molecule has 0 heterocycles. The van der Waals surface area contributed by atoms with E-state index in [4.69, 9.17) is 5.73 Å². The fourth-order valence-corrected chi connectivity index (χ4v) is 8.16. The Bertz CT molecular complexity index is 3220. The smallest absolute Gasteiger partial charge is 0.296 e. The number of hydrogen-bond acceptors (Lipinski definition) is 15. The number of rotatable bonds is 11. The Kier molecular flexibility index (Phi) is 10.6. The number of azo groups is 3. The topological polar surface area (TPSA) is 296 Å². The van der Waals surface area contributed by atoms with Crippen molar-refractivity contribution in [1.29, 1.82) is 0 Å². The highest BCUT2D eigenvalue weighted by Crippen LogP contribution is 2.48. The van der Waals surface area contributed by atoms with E-state index in [9.17, 15) is 44.6 Å². The van der Waals surface area contributed by atoms with Crippen molar-refractivity contribution in [1.82, 2.24) is 0 Å². The molecule has 7 N–H and O–H groups in total. The monoisotopic (exact) mass is 852 g/mol. The summed E-state index contributed by atoms with van der Waals surface area (Å²) in [6, 6.07) is 31.0. The molecule has 0 unspecified atom stereocenters. The Hall–Kier alpha value is -7.17. The molecule has 21 heteroatoms. The largest absolute Gasteiger partial charge is 0.506 e. The Morgan fingerprint density at radius 3 is 1.63 bits per heavy atom. The van der Waals surface area contributed by atoms with Crippen LogP contribution in [0.25, 0.3) is 21.5 Å². The summed E-state index contributed by atoms with van der Waals surface area (Å²) in [6.07, 6.45) is 0. The first-order valence-corrected chi connectivity index (χ1v) is 21.2. The molecule has 7 aromatic rings. The van der Waals surface area contributed by atoms with Gasteiger partial charge >= 0.3 is 0 Å². The molecule has 0 aliphatic carbocycles. The molecule has 7 aromatic carbocycles. The van der Waals surface area contributed by atoms with E-state index in [2.05, 4.69) is 35.4 Å². The normalized spacial score (nSPS) is 12.6. The molecule has 0 spiro atoms. The van der Waals surface area contributed by atoms with Crippen molar-refractivity contribution in [3.05, 3.63) is 127 Å². The molecule has 0 fully saturated rings. The molecule has 298 valence electrons. The maximum atomic E-state index is 13.2. The summed E-state index contributed by atoms with van der Waals surface area (Å²) in [5, 5.41) is 46.3. The molecule has 0 radical (unpaired) electrons. The van der Waals surface area contributed by atoms with Crippen LogP contribution in [0.1, 0.15) is 0 Å². The highest BCUT2D eigenvalue weighted by molar-refractivity contribution is 7.92. The van der Waals surface area contributed by atoms with Gasteiger partial charge in [-0.1, -0.05) is 48.5 Å². The van der Waals surface area contributed by atoms with Crippen LogP contribution in [-0.4, -0.2) is 44.6 Å². The first-order valence-electron chi connectivity index (χ1n) is 16.8. The average Bonchev–Trinajstić information content (AvgIpc) is 3.19. The summed E-state index contributed by atoms with van der Waals surface area (Å²) in [6.45, 7) is 0. The average molecular weight is 853 g/mol. The summed E-state index contributed by atoms with van der Waals surface area (Å²) in [4.78, 5) is -2.07. The molecule has 0 aromatic heterocycles. The molecular weight excluding hydrogens is 825 g/mol. The van der Waals surface area contributed by atoms with Gasteiger partial charge in [-0.15, -0.1) is 15.3 Å². The number of phenolic OH excluding ortho intramolecular Hbond substituents is 2. The number of nitrogen functional groups attached to an aromatic ring is 1. The van der Waals surface area contributed by atoms with Crippen molar-refractivity contribution in [3.8, 4) is 11.5 Å². The summed E-state index contributed by atoms with van der Waals surface area (Å²) in [7, 11) is -14.4. The first kappa shape index (κ1) is 40.0. The van der Waals surface area contributed by atoms with Crippen LogP contribution in [0.3, 0.4) is 0 Å². The van der Waals surface area contributed by atoms with Crippen LogP contribution in [-0.2, 0) is 30.3 Å². The highest BCUT2D eigenvalue weighted by atomic mass is 32.2. The number of fused-ring (bicyclic) bond motifs is 2. The Morgan fingerprint density at radius 2 is 1.02 bits per heavy atom. The second-order valence-electron chi connectivity index (χ2n) is 12.5. The van der Waals surface area contributed by atoms with E-state index in [1.54, 1.807) is 30.3 Å². The number of anilines is 2. The molecule has 0 saturated heterocycles. The van der Waals surface area contributed by atoms with Gasteiger partial charge in [0.05, 0.1) is 33.0 Å². The van der Waals surface area contributed by atoms with E-state index in [0.29, 0.717) is 11.1 Å². The lowest BCUT2D eigenvalue weighted by molar-refractivity contribution is 0.472. The van der Waals surface area contributed by atoms with Gasteiger partial charge in [0.25, 0.3) is 30.3 Å². The molecule has 0 aliphatic heterocycles. The molecule has 0 aliphatic rings. The first-order chi connectivity index (χ1) is 28.0. The third-order valence-electron chi connectivity index (χ3n) is 8.57. The highest BCUT2D eigenvalue weighted by Gasteiger charge is 2.28. The number of sulfonamides is 1. The van der Waals surface area contributed by atoms with Crippen LogP contribution in [0.5, 0.6) is 11.5 Å². The van der Waals surface area contributed by atoms with E-state index in [-0.39, 0.29) is 44.2 Å². The number of hydrogen-bond donors (Lipinski definition) is 6. The summed E-state index contributed by atoms with van der Waals surface area (Å²) in [5.74, 6) is -0.977. The molecule has 0 bridgehead atoms. The molecular formula is C38H28N8O10S3. The van der Waals surface area contributed by atoms with Crippen LogP contribution in [0, 0.1) is 0 Å². The van der Waals surface area contributed by atoms with Gasteiger partial charge in [-0.25, -0.2) is 8.42 Å². The van der Waals surface area contributed by atoms with E-state index in [0.717, 1.165) is 17.5 Å². The summed E-state index contributed by atoms with van der Waals surface area (Å²) >= 11 is 0. The fourth-order valence-electron chi connectivity index (χ4n) is 5.77. The van der Waals surface area contributed by atoms with Gasteiger partial charge in [0, 0.05) is 11.1 Å². The lowest BCUT2D eigenvalue weighted by Crippen LogP contribution is -2.12. The zero-order valence-corrected chi connectivity index (χ0v) is 32.3. The lowest BCUT2D eigenvalue weighted by Gasteiger charge is -2.14. The maximum Gasteiger partial charge on any atom is 0.296 e. The number of aromatic hydroxyl groups is 2. The van der Waals surface area contributed by atoms with E-state index in [1.807, 2.05) is 18.2 Å². The maximum absolute atomic E-state index is 13.2. The van der Waals surface area contributed by atoms with Gasteiger partial charge in [-0.05, 0) is 89.6 Å². The van der Waals surface area contributed by atoms with Crippen molar-refractivity contribution in [2.24, 2.45) is 30.7 Å². The van der Waals surface area contributed by atoms with Crippen molar-refractivity contribution in [3.63, 3.8) is 0 Å². The van der Waals surface area contributed by atoms with E-state index >= 15 is 0 Å². The van der Waals surface area contributed by atoms with Crippen molar-refractivity contribution in [2.45, 2.75) is 14.7 Å². The van der Waals surface area contributed by atoms with Gasteiger partial charge in [0.1, 0.15) is 32.6 Å². The van der Waals surface area contributed by atoms with Gasteiger partial charge in [-0.3, -0.25) is 13.8 Å². The SMILES string of the molecule is Nc1c(N=Nc2ccc(S(=O)(=O)Nc3ccc(N=Nc4c(O)ccc5ccccc45)cc3)cc2)c(S(=O)(=O)O)cc2cc(S(=O)(=O)O)c(N=Nc3ccccc3)c(O)c12. The third-order valence-corrected chi connectivity index (χ3v) is 11.7. The molecule has 0 saturated carbocycles. The Morgan fingerprint density at radius 1 is 0.508 bits per heavy atom. The quantitative estimate of drug-likeness (QED) is 0.0404. The number of nitrogens with one attached hydrogen (secondary N) is 1. The van der Waals surface area contributed by atoms with Crippen LogP contribution >= 0.6 is 0 Å². The number of nitrogens with two attached hydrogens (primary N) is 1. The minimum absolute atomic E-state index is 0.0000237. The van der Waals surface area contributed by atoms with Crippen LogP contribution in [0.2, 0.25) is 0 Å². The second-order valence-corrected chi connectivity index (χ2v) is 17.0. The summed E-state index contributed by atoms with van der Waals surface area (Å²) < 4.78 is 98.4. The fraction of sp³-hybridized carbons (Fsp3) is 0. The van der Waals surface area contributed by atoms with E-state index in [1.165, 1.54) is 66.7 Å². The molecule has 0 amide bonds. The van der Waals surface area contributed by atoms with Crippen LogP contribution < -0.4 is 10.5 Å². The van der Waals surface area contributed by atoms with Crippen molar-refractivity contribution < 1.29 is 44.6 Å². The van der Waals surface area contributed by atoms with Gasteiger partial charge < -0.3 is 15.9 Å². The zero-order chi connectivity index (χ0) is 42.1. The lowest BCUT2D eigenvalue weighted by atomic mass is 10.1. The van der Waals surface area contributed by atoms with Crippen LogP contribution in [0.15, 0.2) is 173 Å². The molecule has 59 heavy (non-hydrogen) atoms. The standard InChI is InChI=1S/C38H28N8O10S3/c39-34-33-23(21-32(59(54,55)56)37(38(33)48)45-40-24-7-2-1-3-8-24)20-31(58(51,52)53)36(34)44-42-26-15-17-28(18-16-26)57(49,50)46-27-13-11-25(12-14-27)41-43-35-29-9-5-4-6-22(29)10-19-30(35)47/h1-21,46-48H,39H2,(H,51,52,53)(H,54,55,56). The summed E-state index contributed by atoms with van der Waals surface area (Å²) in [5.41, 5.74) is 5.39. The number of benzene rings is 7. The predicted octanol–water partition coefficient (Wildman–Crippen LogP) is 9.53. The molecule has 0 atom stereocenters. The second kappa shape index (κ2) is 15.6. The Labute approximate surface area is 335 Å². The third kappa shape index (κ3) is 8.58. The Balaban J connectivity index is 1.15. The van der Waals surface area contributed by atoms with Crippen molar-refractivity contribution in [2.75, 3.05) is 10.5 Å². The number of phenols is 2. The van der Waals surface area contributed by atoms with Crippen LogP contribution in [0.4, 0.5) is 45.5 Å².